The summed E-state index contributed by atoms with van der Waals surface area (Å²) in [5.41, 5.74) is 8.84. The standard InChI is InChI=1S/C21H16FN7/c1-12(28-21-15(10-23)20(24)26-11-27-21)14-9-18-17(7-4-8-25-18)29-19(14)13-5-2-3-6-16(13)22/h2-9,11-12H,1H3,(H3,24,26,27,28). The number of rotatable bonds is 4. The van der Waals surface area contributed by atoms with E-state index in [-0.39, 0.29) is 23.2 Å². The normalized spacial score (nSPS) is 11.8. The van der Waals surface area contributed by atoms with Gasteiger partial charge in [-0.3, -0.25) is 4.98 Å². The summed E-state index contributed by atoms with van der Waals surface area (Å²) in [6.45, 7) is 1.87. The van der Waals surface area contributed by atoms with Crippen molar-refractivity contribution >= 4 is 22.7 Å². The molecule has 3 heterocycles. The molecule has 0 aliphatic carbocycles. The van der Waals surface area contributed by atoms with E-state index in [0.29, 0.717) is 33.7 Å². The Morgan fingerprint density at radius 3 is 2.72 bits per heavy atom. The van der Waals surface area contributed by atoms with Gasteiger partial charge >= 0.3 is 0 Å². The Kier molecular flexibility index (Phi) is 4.71. The summed E-state index contributed by atoms with van der Waals surface area (Å²) in [4.78, 5) is 17.0. The number of hydrogen-bond donors (Lipinski definition) is 2. The second kappa shape index (κ2) is 7.48. The SMILES string of the molecule is CC(Nc1ncnc(N)c1C#N)c1cc2ncccc2nc1-c1ccccc1F. The molecule has 1 aromatic carbocycles. The molecule has 142 valence electrons. The monoisotopic (exact) mass is 385 g/mol. The number of nitrogens with two attached hydrogens (primary N) is 1. The van der Waals surface area contributed by atoms with Crippen LogP contribution in [0.3, 0.4) is 0 Å². The molecule has 0 fully saturated rings. The van der Waals surface area contributed by atoms with Gasteiger partial charge in [0, 0.05) is 17.3 Å². The van der Waals surface area contributed by atoms with Crippen molar-refractivity contribution in [1.82, 2.24) is 19.9 Å². The summed E-state index contributed by atoms with van der Waals surface area (Å²) in [6, 6.07) is 13.6. The van der Waals surface area contributed by atoms with Crippen molar-refractivity contribution in [3.05, 3.63) is 71.9 Å². The molecule has 1 atom stereocenters. The lowest BCUT2D eigenvalue weighted by Gasteiger charge is -2.19. The highest BCUT2D eigenvalue weighted by atomic mass is 19.1. The maximum absolute atomic E-state index is 14.6. The van der Waals surface area contributed by atoms with E-state index in [1.165, 1.54) is 12.4 Å². The van der Waals surface area contributed by atoms with E-state index < -0.39 is 0 Å². The number of nitrogens with zero attached hydrogens (tertiary/aromatic N) is 5. The first kappa shape index (κ1) is 18.3. The van der Waals surface area contributed by atoms with Crippen LogP contribution in [-0.2, 0) is 0 Å². The Morgan fingerprint density at radius 1 is 1.10 bits per heavy atom. The fourth-order valence-corrected chi connectivity index (χ4v) is 3.12. The number of pyridine rings is 2. The van der Waals surface area contributed by atoms with Crippen LogP contribution in [0.2, 0.25) is 0 Å². The van der Waals surface area contributed by atoms with Gasteiger partial charge in [-0.05, 0) is 37.3 Å². The molecular weight excluding hydrogens is 369 g/mol. The number of anilines is 2. The Morgan fingerprint density at radius 2 is 1.93 bits per heavy atom. The first-order valence-electron chi connectivity index (χ1n) is 8.86. The number of benzene rings is 1. The van der Waals surface area contributed by atoms with Gasteiger partial charge in [0.15, 0.2) is 0 Å². The quantitative estimate of drug-likeness (QED) is 0.548. The molecule has 4 aromatic rings. The highest BCUT2D eigenvalue weighted by molar-refractivity contribution is 5.81. The second-order valence-corrected chi connectivity index (χ2v) is 6.41. The molecule has 0 saturated heterocycles. The maximum atomic E-state index is 14.6. The van der Waals surface area contributed by atoms with E-state index in [1.54, 1.807) is 30.5 Å². The van der Waals surface area contributed by atoms with Crippen molar-refractivity contribution in [1.29, 1.82) is 5.26 Å². The molecule has 4 rings (SSSR count). The highest BCUT2D eigenvalue weighted by Gasteiger charge is 2.20. The summed E-state index contributed by atoms with van der Waals surface area (Å²) < 4.78 is 14.6. The van der Waals surface area contributed by atoms with Crippen molar-refractivity contribution in [2.75, 3.05) is 11.1 Å². The fraction of sp³-hybridized carbons (Fsp3) is 0.0952. The van der Waals surface area contributed by atoms with E-state index in [0.717, 1.165) is 0 Å². The van der Waals surface area contributed by atoms with Crippen LogP contribution >= 0.6 is 0 Å². The van der Waals surface area contributed by atoms with Gasteiger partial charge < -0.3 is 11.1 Å². The van der Waals surface area contributed by atoms with Crippen LogP contribution in [0, 0.1) is 17.1 Å². The van der Waals surface area contributed by atoms with E-state index in [9.17, 15) is 9.65 Å². The number of fused-ring (bicyclic) bond motifs is 1. The van der Waals surface area contributed by atoms with Crippen LogP contribution in [0.15, 0.2) is 55.0 Å². The van der Waals surface area contributed by atoms with Crippen molar-refractivity contribution in [3.8, 4) is 17.3 Å². The fourth-order valence-electron chi connectivity index (χ4n) is 3.12. The Hall–Kier alpha value is -4.12. The molecule has 0 saturated carbocycles. The molecule has 1 unspecified atom stereocenters. The lowest BCUT2D eigenvalue weighted by atomic mass is 9.99. The highest BCUT2D eigenvalue weighted by Crippen LogP contribution is 2.32. The number of aromatic nitrogens is 4. The molecule has 0 spiro atoms. The third-order valence-corrected chi connectivity index (χ3v) is 4.55. The summed E-state index contributed by atoms with van der Waals surface area (Å²) >= 11 is 0. The summed E-state index contributed by atoms with van der Waals surface area (Å²) in [7, 11) is 0. The largest absolute Gasteiger partial charge is 0.382 e. The van der Waals surface area contributed by atoms with Crippen LogP contribution in [-0.4, -0.2) is 19.9 Å². The van der Waals surface area contributed by atoms with Crippen LogP contribution in [0.25, 0.3) is 22.3 Å². The van der Waals surface area contributed by atoms with Gasteiger partial charge in [0.1, 0.15) is 35.4 Å². The number of nitriles is 1. The topological polar surface area (TPSA) is 113 Å². The number of nitrogens with one attached hydrogen (secondary N) is 1. The van der Waals surface area contributed by atoms with E-state index in [1.807, 2.05) is 25.1 Å². The van der Waals surface area contributed by atoms with Crippen molar-refractivity contribution in [2.45, 2.75) is 13.0 Å². The van der Waals surface area contributed by atoms with Gasteiger partial charge in [-0.2, -0.15) is 5.26 Å². The van der Waals surface area contributed by atoms with E-state index in [4.69, 9.17) is 5.73 Å². The predicted molar refractivity (Wildman–Crippen MR) is 108 cm³/mol. The van der Waals surface area contributed by atoms with Crippen molar-refractivity contribution in [3.63, 3.8) is 0 Å². The predicted octanol–water partition coefficient (Wildman–Crippen LogP) is 3.85. The van der Waals surface area contributed by atoms with Crippen LogP contribution in [0.1, 0.15) is 24.1 Å². The molecule has 3 aromatic heterocycles. The van der Waals surface area contributed by atoms with Crippen LogP contribution in [0.4, 0.5) is 16.0 Å². The molecule has 0 aliphatic heterocycles. The summed E-state index contributed by atoms with van der Waals surface area (Å²) in [6.07, 6.45) is 2.96. The Labute approximate surface area is 166 Å². The van der Waals surface area contributed by atoms with Gasteiger partial charge in [0.2, 0.25) is 0 Å². The molecule has 8 heteroatoms. The van der Waals surface area contributed by atoms with Crippen LogP contribution < -0.4 is 11.1 Å². The summed E-state index contributed by atoms with van der Waals surface area (Å²) in [5.74, 6) is 0.0126. The molecule has 7 nitrogen and oxygen atoms in total. The zero-order valence-electron chi connectivity index (χ0n) is 15.5. The summed E-state index contributed by atoms with van der Waals surface area (Å²) in [5, 5.41) is 12.5. The lowest BCUT2D eigenvalue weighted by Crippen LogP contribution is -2.13. The first-order valence-corrected chi connectivity index (χ1v) is 8.86. The molecule has 0 bridgehead atoms. The van der Waals surface area contributed by atoms with Gasteiger partial charge in [0.25, 0.3) is 0 Å². The van der Waals surface area contributed by atoms with Crippen LogP contribution in [0.5, 0.6) is 0 Å². The smallest absolute Gasteiger partial charge is 0.150 e. The third kappa shape index (κ3) is 3.41. The molecule has 3 N–H and O–H groups in total. The minimum absolute atomic E-state index is 0.0878. The third-order valence-electron chi connectivity index (χ3n) is 4.55. The second-order valence-electron chi connectivity index (χ2n) is 6.41. The molecule has 29 heavy (non-hydrogen) atoms. The average molecular weight is 385 g/mol. The van der Waals surface area contributed by atoms with E-state index >= 15 is 0 Å². The Bertz CT molecular complexity index is 1250. The van der Waals surface area contributed by atoms with Crippen molar-refractivity contribution < 1.29 is 4.39 Å². The number of halogens is 1. The van der Waals surface area contributed by atoms with Gasteiger partial charge in [0.05, 0.1) is 22.8 Å². The average Bonchev–Trinajstić information content (AvgIpc) is 2.73. The van der Waals surface area contributed by atoms with Gasteiger partial charge in [-0.1, -0.05) is 12.1 Å². The van der Waals surface area contributed by atoms with E-state index in [2.05, 4.69) is 25.3 Å². The molecule has 0 amide bonds. The van der Waals surface area contributed by atoms with Crippen molar-refractivity contribution in [2.24, 2.45) is 0 Å². The molecular formula is C21H16FN7. The lowest BCUT2D eigenvalue weighted by molar-refractivity contribution is 0.630. The number of hydrogen-bond acceptors (Lipinski definition) is 7. The molecule has 0 radical (unpaired) electrons. The van der Waals surface area contributed by atoms with Gasteiger partial charge in [-0.25, -0.2) is 19.3 Å². The maximum Gasteiger partial charge on any atom is 0.150 e. The minimum Gasteiger partial charge on any atom is -0.382 e. The zero-order valence-corrected chi connectivity index (χ0v) is 15.5. The molecule has 0 aliphatic rings. The minimum atomic E-state index is -0.374. The zero-order chi connectivity index (χ0) is 20.4. The number of nitrogen functional groups attached to an aromatic ring is 1. The Balaban J connectivity index is 1.86. The first-order chi connectivity index (χ1) is 14.1. The van der Waals surface area contributed by atoms with Gasteiger partial charge in [-0.15, -0.1) is 0 Å².